The van der Waals surface area contributed by atoms with Gasteiger partial charge in [0.05, 0.1) is 15.8 Å². The fraction of sp³-hybridized carbons (Fsp3) is 0.250. The molecular weight excluding hydrogens is 473 g/mol. The Morgan fingerprint density at radius 2 is 1.74 bits per heavy atom. The van der Waals surface area contributed by atoms with Crippen LogP contribution in [0.3, 0.4) is 0 Å². The van der Waals surface area contributed by atoms with Gasteiger partial charge in [0.25, 0.3) is 0 Å². The Morgan fingerprint density at radius 1 is 1.10 bits per heavy atom. The molecular formula is C20H22N4O3S4. The van der Waals surface area contributed by atoms with Crippen molar-refractivity contribution in [3.05, 3.63) is 58.6 Å². The van der Waals surface area contributed by atoms with E-state index in [-0.39, 0.29) is 16.8 Å². The fourth-order valence-corrected chi connectivity index (χ4v) is 6.34. The number of nitrogens with zero attached hydrogens (tertiary/aromatic N) is 2. The number of carbonyl (C=O) groups is 1. The molecule has 0 bridgehead atoms. The molecule has 2 aromatic carbocycles. The maximum atomic E-state index is 12.6. The Morgan fingerprint density at radius 3 is 2.35 bits per heavy atom. The lowest BCUT2D eigenvalue weighted by Gasteiger charge is -2.12. The van der Waals surface area contributed by atoms with Crippen LogP contribution >= 0.6 is 35.3 Å². The molecule has 0 aliphatic rings. The van der Waals surface area contributed by atoms with Crippen molar-refractivity contribution in [3.8, 4) is 5.69 Å². The molecule has 1 amide bonds. The first kappa shape index (κ1) is 23.6. The first-order valence-corrected chi connectivity index (χ1v) is 13.0. The molecule has 1 aromatic heterocycles. The van der Waals surface area contributed by atoms with Crippen molar-refractivity contribution >= 4 is 56.9 Å². The number of benzene rings is 2. The fourth-order valence-electron chi connectivity index (χ4n) is 2.59. The number of anilines is 1. The summed E-state index contributed by atoms with van der Waals surface area (Å²) in [7, 11) is -3.57. The van der Waals surface area contributed by atoms with Gasteiger partial charge in [0.1, 0.15) is 0 Å². The molecule has 31 heavy (non-hydrogen) atoms. The van der Waals surface area contributed by atoms with Gasteiger partial charge in [-0.05, 0) is 69.4 Å². The number of hydrogen-bond acceptors (Lipinski definition) is 7. The molecule has 7 nitrogen and oxygen atoms in total. The van der Waals surface area contributed by atoms with Gasteiger partial charge in [-0.2, -0.15) is 0 Å². The minimum atomic E-state index is -3.57. The highest BCUT2D eigenvalue weighted by atomic mass is 32.2. The molecule has 11 heteroatoms. The van der Waals surface area contributed by atoms with Gasteiger partial charge in [-0.15, -0.1) is 5.10 Å². The van der Waals surface area contributed by atoms with Crippen LogP contribution in [0.1, 0.15) is 20.8 Å². The predicted octanol–water partition coefficient (Wildman–Crippen LogP) is 4.47. The molecule has 0 saturated heterocycles. The summed E-state index contributed by atoms with van der Waals surface area (Å²) in [6.45, 7) is 5.29. The summed E-state index contributed by atoms with van der Waals surface area (Å²) < 4.78 is 29.9. The Balaban J connectivity index is 1.64. The van der Waals surface area contributed by atoms with Crippen LogP contribution in [0.5, 0.6) is 0 Å². The minimum Gasteiger partial charge on any atom is -0.325 e. The van der Waals surface area contributed by atoms with Gasteiger partial charge in [0.2, 0.25) is 15.9 Å². The van der Waals surface area contributed by atoms with Crippen LogP contribution in [-0.4, -0.2) is 35.4 Å². The number of sulfonamides is 1. The van der Waals surface area contributed by atoms with Gasteiger partial charge >= 0.3 is 0 Å². The number of nitrogens with one attached hydrogen (secondary N) is 2. The normalized spacial score (nSPS) is 12.6. The zero-order valence-corrected chi connectivity index (χ0v) is 20.4. The first-order chi connectivity index (χ1) is 14.7. The first-order valence-electron chi connectivity index (χ1n) is 9.41. The molecule has 0 fully saturated rings. The van der Waals surface area contributed by atoms with Crippen LogP contribution in [0, 0.1) is 3.95 Å². The molecule has 0 aliphatic carbocycles. The number of carbonyl (C=O) groups excluding carboxylic acids is 1. The van der Waals surface area contributed by atoms with Crippen LogP contribution in [0.2, 0.25) is 0 Å². The van der Waals surface area contributed by atoms with E-state index < -0.39 is 15.3 Å². The molecule has 3 aromatic rings. The average molecular weight is 495 g/mol. The highest BCUT2D eigenvalue weighted by Crippen LogP contribution is 2.28. The smallest absolute Gasteiger partial charge is 0.240 e. The third-order valence-electron chi connectivity index (χ3n) is 4.00. The highest BCUT2D eigenvalue weighted by molar-refractivity contribution is 8.02. The molecule has 1 unspecified atom stereocenters. The quantitative estimate of drug-likeness (QED) is 0.355. The Kier molecular flexibility index (Phi) is 7.65. The third-order valence-corrected chi connectivity index (χ3v) is 8.09. The van der Waals surface area contributed by atoms with Gasteiger partial charge in [-0.3, -0.25) is 4.79 Å². The third kappa shape index (κ3) is 6.23. The predicted molar refractivity (Wildman–Crippen MR) is 128 cm³/mol. The van der Waals surface area contributed by atoms with Crippen molar-refractivity contribution in [2.24, 2.45) is 0 Å². The number of amides is 1. The van der Waals surface area contributed by atoms with Gasteiger partial charge in [0, 0.05) is 11.7 Å². The Hall–Kier alpha value is -2.05. The van der Waals surface area contributed by atoms with E-state index in [4.69, 9.17) is 12.2 Å². The SMILES string of the molecule is CC(C)NS(=O)(=O)c1ccc(NC(=O)C(C)Sc2nn(-c3ccccc3)c(=S)s2)cc1. The van der Waals surface area contributed by atoms with E-state index in [1.165, 1.54) is 35.2 Å². The summed E-state index contributed by atoms with van der Waals surface area (Å²) in [5, 5.41) is 6.89. The summed E-state index contributed by atoms with van der Waals surface area (Å²) in [4.78, 5) is 12.7. The second-order valence-electron chi connectivity index (χ2n) is 6.93. The number of rotatable bonds is 8. The van der Waals surface area contributed by atoms with Crippen molar-refractivity contribution in [2.45, 2.75) is 41.3 Å². The maximum absolute atomic E-state index is 12.6. The molecule has 1 heterocycles. The van der Waals surface area contributed by atoms with Gasteiger partial charge in [-0.25, -0.2) is 17.8 Å². The second kappa shape index (κ2) is 10.0. The zero-order valence-electron chi connectivity index (χ0n) is 17.1. The van der Waals surface area contributed by atoms with Crippen LogP contribution in [-0.2, 0) is 14.8 Å². The van der Waals surface area contributed by atoms with E-state index in [0.29, 0.717) is 14.0 Å². The molecule has 164 valence electrons. The van der Waals surface area contributed by atoms with Crippen LogP contribution in [0.25, 0.3) is 5.69 Å². The maximum Gasteiger partial charge on any atom is 0.240 e. The number of thioether (sulfide) groups is 1. The summed E-state index contributed by atoms with van der Waals surface area (Å²) >= 11 is 8.06. The largest absolute Gasteiger partial charge is 0.325 e. The summed E-state index contributed by atoms with van der Waals surface area (Å²) in [5.41, 5.74) is 1.39. The van der Waals surface area contributed by atoms with Crippen molar-refractivity contribution in [1.82, 2.24) is 14.5 Å². The van der Waals surface area contributed by atoms with Gasteiger partial charge in [0.15, 0.2) is 8.29 Å². The number of para-hydroxylation sites is 1. The van der Waals surface area contributed by atoms with E-state index >= 15 is 0 Å². The Labute approximate surface area is 194 Å². The standard InChI is InChI=1S/C20H22N4O3S4/c1-13(2)23-31(26,27)17-11-9-15(10-12-17)21-18(25)14(3)29-19-22-24(20(28)30-19)16-7-5-4-6-8-16/h4-14,23H,1-3H3,(H,21,25). The van der Waals surface area contributed by atoms with Crippen molar-refractivity contribution in [1.29, 1.82) is 0 Å². The summed E-state index contributed by atoms with van der Waals surface area (Å²) in [6.07, 6.45) is 0. The van der Waals surface area contributed by atoms with E-state index in [2.05, 4.69) is 15.1 Å². The molecule has 0 aliphatic heterocycles. The van der Waals surface area contributed by atoms with Crippen molar-refractivity contribution < 1.29 is 13.2 Å². The molecule has 0 saturated carbocycles. The Bertz CT molecular complexity index is 1200. The van der Waals surface area contributed by atoms with E-state index in [1.54, 1.807) is 37.6 Å². The zero-order chi connectivity index (χ0) is 22.6. The van der Waals surface area contributed by atoms with Crippen LogP contribution in [0.4, 0.5) is 5.69 Å². The van der Waals surface area contributed by atoms with Crippen molar-refractivity contribution in [2.75, 3.05) is 5.32 Å². The molecule has 0 radical (unpaired) electrons. The average Bonchev–Trinajstić information content (AvgIpc) is 3.08. The van der Waals surface area contributed by atoms with E-state index in [9.17, 15) is 13.2 Å². The molecule has 1 atom stereocenters. The summed E-state index contributed by atoms with van der Waals surface area (Å²) in [5.74, 6) is -0.215. The van der Waals surface area contributed by atoms with Crippen molar-refractivity contribution in [3.63, 3.8) is 0 Å². The summed E-state index contributed by atoms with van der Waals surface area (Å²) in [6, 6.07) is 15.4. The lowest BCUT2D eigenvalue weighted by molar-refractivity contribution is -0.115. The van der Waals surface area contributed by atoms with Crippen LogP contribution < -0.4 is 10.0 Å². The van der Waals surface area contributed by atoms with Gasteiger partial charge < -0.3 is 5.32 Å². The second-order valence-corrected chi connectivity index (χ2v) is 11.9. The van der Waals surface area contributed by atoms with Gasteiger partial charge in [-0.1, -0.05) is 41.3 Å². The topological polar surface area (TPSA) is 93.1 Å². The monoisotopic (exact) mass is 494 g/mol. The van der Waals surface area contributed by atoms with Crippen LogP contribution in [0.15, 0.2) is 63.8 Å². The highest BCUT2D eigenvalue weighted by Gasteiger charge is 2.19. The molecule has 3 rings (SSSR count). The number of hydrogen-bond donors (Lipinski definition) is 2. The van der Waals surface area contributed by atoms with E-state index in [0.717, 1.165) is 5.69 Å². The van der Waals surface area contributed by atoms with E-state index in [1.807, 2.05) is 30.3 Å². The molecule has 2 N–H and O–H groups in total. The number of aromatic nitrogens is 2. The lowest BCUT2D eigenvalue weighted by Crippen LogP contribution is -2.30. The minimum absolute atomic E-state index is 0.146. The lowest BCUT2D eigenvalue weighted by atomic mass is 10.3. The molecule has 0 spiro atoms.